The summed E-state index contributed by atoms with van der Waals surface area (Å²) in [6.45, 7) is 5.83. The van der Waals surface area contributed by atoms with Crippen LogP contribution in [0.4, 0.5) is 10.5 Å². The van der Waals surface area contributed by atoms with Gasteiger partial charge in [0.05, 0.1) is 5.69 Å². The second-order valence-corrected chi connectivity index (χ2v) is 4.59. The maximum atomic E-state index is 12.3. The number of benzene rings is 1. The molecule has 1 aliphatic heterocycles. The van der Waals surface area contributed by atoms with Gasteiger partial charge in [-0.25, -0.2) is 4.79 Å². The molecule has 1 aromatic rings. The molecule has 2 N–H and O–H groups in total. The van der Waals surface area contributed by atoms with Gasteiger partial charge in [-0.3, -0.25) is 4.90 Å². The molecule has 2 amide bonds. The number of urea groups is 1. The Morgan fingerprint density at radius 1 is 1.35 bits per heavy atom. The van der Waals surface area contributed by atoms with Crippen molar-refractivity contribution in [2.45, 2.75) is 26.4 Å². The van der Waals surface area contributed by atoms with Gasteiger partial charge in [-0.15, -0.1) is 0 Å². The summed E-state index contributed by atoms with van der Waals surface area (Å²) < 4.78 is 0. The molecule has 1 aliphatic rings. The number of anilines is 1. The van der Waals surface area contributed by atoms with E-state index in [1.54, 1.807) is 0 Å². The average molecular weight is 233 g/mol. The molecule has 0 radical (unpaired) electrons. The lowest BCUT2D eigenvalue weighted by atomic mass is 10.1. The molecule has 0 bridgehead atoms. The van der Waals surface area contributed by atoms with E-state index in [2.05, 4.69) is 6.07 Å². The number of carbonyl (C=O) groups excluding carboxylic acids is 1. The molecule has 0 saturated carbocycles. The largest absolute Gasteiger partial charge is 0.329 e. The van der Waals surface area contributed by atoms with Crippen molar-refractivity contribution in [2.24, 2.45) is 5.73 Å². The minimum absolute atomic E-state index is 0.0594. The molecule has 4 nitrogen and oxygen atoms in total. The first kappa shape index (κ1) is 11.9. The first-order valence-corrected chi connectivity index (χ1v) is 6.01. The molecule has 0 atom stereocenters. The van der Waals surface area contributed by atoms with Crippen LogP contribution in [0.3, 0.4) is 0 Å². The van der Waals surface area contributed by atoms with Crippen LogP contribution in [0.1, 0.15) is 19.4 Å². The Labute approximate surface area is 102 Å². The molecular formula is C13H19N3O. The Morgan fingerprint density at radius 3 is 2.71 bits per heavy atom. The Bertz CT molecular complexity index is 417. The van der Waals surface area contributed by atoms with Crippen LogP contribution >= 0.6 is 0 Å². The van der Waals surface area contributed by atoms with Gasteiger partial charge in [-0.05, 0) is 25.5 Å². The highest BCUT2D eigenvalue weighted by molar-refractivity contribution is 5.95. The van der Waals surface area contributed by atoms with Crippen LogP contribution in [0.2, 0.25) is 0 Å². The summed E-state index contributed by atoms with van der Waals surface area (Å²) in [5.41, 5.74) is 7.77. The maximum Gasteiger partial charge on any atom is 0.325 e. The minimum Gasteiger partial charge on any atom is -0.329 e. The van der Waals surface area contributed by atoms with E-state index in [1.807, 2.05) is 41.8 Å². The summed E-state index contributed by atoms with van der Waals surface area (Å²) in [7, 11) is 0. The number of hydrogen-bond donors (Lipinski definition) is 1. The number of rotatable bonds is 3. The van der Waals surface area contributed by atoms with Gasteiger partial charge in [-0.2, -0.15) is 0 Å². The summed E-state index contributed by atoms with van der Waals surface area (Å²) in [6.07, 6.45) is 0. The lowest BCUT2D eigenvalue weighted by Gasteiger charge is -2.39. The van der Waals surface area contributed by atoms with Crippen LogP contribution in [0.5, 0.6) is 0 Å². The molecule has 0 spiro atoms. The zero-order valence-corrected chi connectivity index (χ0v) is 10.4. The number of nitrogens with two attached hydrogens (primary N) is 1. The van der Waals surface area contributed by atoms with E-state index in [4.69, 9.17) is 5.73 Å². The summed E-state index contributed by atoms with van der Waals surface area (Å²) in [5.74, 6) is 0. The van der Waals surface area contributed by atoms with Gasteiger partial charge in [0.2, 0.25) is 0 Å². The molecular weight excluding hydrogens is 214 g/mol. The van der Waals surface area contributed by atoms with Gasteiger partial charge >= 0.3 is 6.03 Å². The van der Waals surface area contributed by atoms with E-state index in [0.29, 0.717) is 19.6 Å². The second kappa shape index (κ2) is 4.75. The number of amides is 2. The third-order valence-electron chi connectivity index (χ3n) is 3.00. The van der Waals surface area contributed by atoms with E-state index in [9.17, 15) is 4.79 Å². The van der Waals surface area contributed by atoms with Crippen LogP contribution in [-0.2, 0) is 6.54 Å². The van der Waals surface area contributed by atoms with Crippen molar-refractivity contribution < 1.29 is 4.79 Å². The van der Waals surface area contributed by atoms with Crippen molar-refractivity contribution in [3.63, 3.8) is 0 Å². The molecule has 17 heavy (non-hydrogen) atoms. The molecule has 0 fully saturated rings. The maximum absolute atomic E-state index is 12.3. The van der Waals surface area contributed by atoms with Crippen LogP contribution in [0.25, 0.3) is 0 Å². The zero-order chi connectivity index (χ0) is 12.4. The summed E-state index contributed by atoms with van der Waals surface area (Å²) >= 11 is 0. The fourth-order valence-electron chi connectivity index (χ4n) is 2.24. The van der Waals surface area contributed by atoms with Crippen LogP contribution in [-0.4, -0.2) is 30.1 Å². The SMILES string of the molecule is CC(C)N1C(=O)N(CCN)Cc2ccccc21. The summed E-state index contributed by atoms with van der Waals surface area (Å²) in [6, 6.07) is 8.27. The first-order chi connectivity index (χ1) is 8.15. The second-order valence-electron chi connectivity index (χ2n) is 4.59. The molecule has 4 heteroatoms. The van der Waals surface area contributed by atoms with Gasteiger partial charge < -0.3 is 10.6 Å². The third kappa shape index (κ3) is 2.13. The van der Waals surface area contributed by atoms with Gasteiger partial charge in [0, 0.05) is 25.7 Å². The fourth-order valence-corrected chi connectivity index (χ4v) is 2.24. The Balaban J connectivity index is 2.39. The Hall–Kier alpha value is -1.55. The van der Waals surface area contributed by atoms with Gasteiger partial charge in [-0.1, -0.05) is 18.2 Å². The van der Waals surface area contributed by atoms with Crippen molar-refractivity contribution in [1.82, 2.24) is 4.90 Å². The average Bonchev–Trinajstić information content (AvgIpc) is 2.30. The lowest BCUT2D eigenvalue weighted by molar-refractivity contribution is 0.198. The summed E-state index contributed by atoms with van der Waals surface area (Å²) in [5, 5.41) is 0. The molecule has 1 aromatic carbocycles. The Kier molecular flexibility index (Phi) is 3.33. The van der Waals surface area contributed by atoms with Gasteiger partial charge in [0.25, 0.3) is 0 Å². The highest BCUT2D eigenvalue weighted by Gasteiger charge is 2.30. The van der Waals surface area contributed by atoms with Crippen molar-refractivity contribution >= 4 is 11.7 Å². The zero-order valence-electron chi connectivity index (χ0n) is 10.4. The fraction of sp³-hybridized carbons (Fsp3) is 0.462. The van der Waals surface area contributed by atoms with Crippen molar-refractivity contribution in [2.75, 3.05) is 18.0 Å². The predicted molar refractivity (Wildman–Crippen MR) is 68.9 cm³/mol. The number of hydrogen-bond acceptors (Lipinski definition) is 2. The van der Waals surface area contributed by atoms with Crippen molar-refractivity contribution in [1.29, 1.82) is 0 Å². The van der Waals surface area contributed by atoms with E-state index in [-0.39, 0.29) is 12.1 Å². The molecule has 92 valence electrons. The van der Waals surface area contributed by atoms with Gasteiger partial charge in [0.15, 0.2) is 0 Å². The predicted octanol–water partition coefficient (Wildman–Crippen LogP) is 1.80. The molecule has 0 aromatic heterocycles. The molecule has 2 rings (SSSR count). The third-order valence-corrected chi connectivity index (χ3v) is 3.00. The highest BCUT2D eigenvalue weighted by atomic mass is 16.2. The molecule has 0 saturated heterocycles. The first-order valence-electron chi connectivity index (χ1n) is 6.01. The van der Waals surface area contributed by atoms with E-state index >= 15 is 0 Å². The molecule has 0 aliphatic carbocycles. The number of para-hydroxylation sites is 1. The van der Waals surface area contributed by atoms with E-state index in [1.165, 1.54) is 5.56 Å². The van der Waals surface area contributed by atoms with Crippen molar-refractivity contribution in [3.05, 3.63) is 29.8 Å². The van der Waals surface area contributed by atoms with Crippen LogP contribution in [0, 0.1) is 0 Å². The van der Waals surface area contributed by atoms with E-state index in [0.717, 1.165) is 5.69 Å². The quantitative estimate of drug-likeness (QED) is 0.865. The number of carbonyl (C=O) groups is 1. The number of fused-ring (bicyclic) bond motifs is 1. The smallest absolute Gasteiger partial charge is 0.325 e. The number of nitrogens with zero attached hydrogens (tertiary/aromatic N) is 2. The molecule has 0 unspecified atom stereocenters. The van der Waals surface area contributed by atoms with Crippen LogP contribution < -0.4 is 10.6 Å². The topological polar surface area (TPSA) is 49.6 Å². The normalized spacial score (nSPS) is 15.4. The van der Waals surface area contributed by atoms with Crippen molar-refractivity contribution in [3.8, 4) is 0 Å². The highest BCUT2D eigenvalue weighted by Crippen LogP contribution is 2.29. The van der Waals surface area contributed by atoms with Crippen LogP contribution in [0.15, 0.2) is 24.3 Å². The monoisotopic (exact) mass is 233 g/mol. The molecule has 1 heterocycles. The van der Waals surface area contributed by atoms with Gasteiger partial charge in [0.1, 0.15) is 0 Å². The lowest BCUT2D eigenvalue weighted by Crippen LogP contribution is -2.51. The standard InChI is InChI=1S/C13H19N3O/c1-10(2)16-12-6-4-3-5-11(12)9-15(8-7-14)13(16)17/h3-6,10H,7-9,14H2,1-2H3. The minimum atomic E-state index is 0.0594. The Morgan fingerprint density at radius 2 is 2.06 bits per heavy atom. The van der Waals surface area contributed by atoms with E-state index < -0.39 is 0 Å². The summed E-state index contributed by atoms with van der Waals surface area (Å²) in [4.78, 5) is 16.0.